The van der Waals surface area contributed by atoms with E-state index in [-0.39, 0.29) is 17.3 Å². The number of Topliss-reactive ketones (excluding diaryl/α,β-unsaturated/α-hetero) is 1. The van der Waals surface area contributed by atoms with Crippen LogP contribution in [-0.2, 0) is 16.9 Å². The number of hydrogen-bond donors (Lipinski definition) is 0. The molecule has 0 N–H and O–H groups in total. The van der Waals surface area contributed by atoms with E-state index >= 15 is 0 Å². The van der Waals surface area contributed by atoms with Crippen molar-refractivity contribution in [1.29, 1.82) is 0 Å². The predicted octanol–water partition coefficient (Wildman–Crippen LogP) is 7.35. The molecule has 1 aliphatic carbocycles. The predicted molar refractivity (Wildman–Crippen MR) is 109 cm³/mol. The molecule has 1 fully saturated rings. The molecule has 166 valence electrons. The second-order valence-electron chi connectivity index (χ2n) is 7.92. The molecule has 1 aromatic heterocycles. The molecule has 3 rings (SSSR count). The van der Waals surface area contributed by atoms with Crippen LogP contribution in [0.2, 0.25) is 0 Å². The lowest BCUT2D eigenvalue weighted by atomic mass is 9.94. The monoisotopic (exact) mass is 437 g/mol. The smallest absolute Gasteiger partial charge is 0.299 e. The summed E-state index contributed by atoms with van der Waals surface area (Å²) in [7, 11) is 0. The third kappa shape index (κ3) is 6.21. The SMILES string of the molecule is O=C1CCCCCC1C/C=C/CC(F)(F)c1cc(-c2cccnc2)cc(C(F)(F)F)c1. The Kier molecular flexibility index (Phi) is 7.23. The summed E-state index contributed by atoms with van der Waals surface area (Å²) in [4.78, 5) is 15.9. The molecule has 0 saturated heterocycles. The Morgan fingerprint density at radius 2 is 1.74 bits per heavy atom. The van der Waals surface area contributed by atoms with E-state index in [0.29, 0.717) is 24.5 Å². The minimum Gasteiger partial charge on any atom is -0.299 e. The topological polar surface area (TPSA) is 30.0 Å². The molecule has 2 aromatic rings. The van der Waals surface area contributed by atoms with Crippen LogP contribution in [0.5, 0.6) is 0 Å². The molecule has 0 aliphatic heterocycles. The fraction of sp³-hybridized carbons (Fsp3) is 0.417. The van der Waals surface area contributed by atoms with Crippen LogP contribution >= 0.6 is 0 Å². The van der Waals surface area contributed by atoms with E-state index in [9.17, 15) is 26.7 Å². The standard InChI is InChI=1S/C24H24F5NO/c25-23(26,11-5-4-8-17-7-2-1-3-10-22(17)31)20-13-19(18-9-6-12-30-16-18)14-21(15-20)24(27,28)29/h4-6,9,12-17H,1-3,7-8,10-11H2/b5-4+. The summed E-state index contributed by atoms with van der Waals surface area (Å²) in [5.41, 5.74) is -1.47. The Bertz CT molecular complexity index is 921. The fourth-order valence-corrected chi connectivity index (χ4v) is 3.79. The van der Waals surface area contributed by atoms with Crippen molar-refractivity contribution in [2.45, 2.75) is 57.0 Å². The number of carbonyl (C=O) groups excluding carboxylic acids is 1. The van der Waals surface area contributed by atoms with Gasteiger partial charge in [-0.2, -0.15) is 13.2 Å². The third-order valence-corrected chi connectivity index (χ3v) is 5.57. The summed E-state index contributed by atoms with van der Waals surface area (Å²) in [5, 5.41) is 0. The Morgan fingerprint density at radius 1 is 0.968 bits per heavy atom. The van der Waals surface area contributed by atoms with E-state index in [2.05, 4.69) is 4.98 Å². The zero-order valence-electron chi connectivity index (χ0n) is 17.0. The maximum Gasteiger partial charge on any atom is 0.416 e. The largest absolute Gasteiger partial charge is 0.416 e. The number of ketones is 1. The highest BCUT2D eigenvalue weighted by atomic mass is 19.4. The number of alkyl halides is 5. The lowest BCUT2D eigenvalue weighted by Crippen LogP contribution is -2.15. The first-order chi connectivity index (χ1) is 14.7. The molecular weight excluding hydrogens is 413 g/mol. The van der Waals surface area contributed by atoms with Gasteiger partial charge in [-0.05, 0) is 49.1 Å². The molecular formula is C24H24F5NO. The number of allylic oxidation sites excluding steroid dienone is 2. The quantitative estimate of drug-likeness (QED) is 0.269. The van der Waals surface area contributed by atoms with Crippen LogP contribution in [0.25, 0.3) is 11.1 Å². The highest BCUT2D eigenvalue weighted by Crippen LogP contribution is 2.39. The van der Waals surface area contributed by atoms with Crippen LogP contribution in [0.4, 0.5) is 22.0 Å². The van der Waals surface area contributed by atoms with Gasteiger partial charge in [0.25, 0.3) is 5.92 Å². The minimum atomic E-state index is -4.75. The Hall–Kier alpha value is -2.57. The third-order valence-electron chi connectivity index (χ3n) is 5.57. The number of rotatable bonds is 6. The van der Waals surface area contributed by atoms with Gasteiger partial charge in [0.1, 0.15) is 5.78 Å². The van der Waals surface area contributed by atoms with Gasteiger partial charge in [-0.15, -0.1) is 0 Å². The Balaban J connectivity index is 1.80. The van der Waals surface area contributed by atoms with Crippen molar-refractivity contribution in [3.8, 4) is 11.1 Å². The molecule has 0 spiro atoms. The zero-order chi connectivity index (χ0) is 22.5. The van der Waals surface area contributed by atoms with Crippen molar-refractivity contribution in [3.63, 3.8) is 0 Å². The fourth-order valence-electron chi connectivity index (χ4n) is 3.79. The molecule has 1 aliphatic rings. The number of benzene rings is 1. The second kappa shape index (κ2) is 9.71. The van der Waals surface area contributed by atoms with Crippen molar-refractivity contribution in [1.82, 2.24) is 4.98 Å². The van der Waals surface area contributed by atoms with Gasteiger partial charge >= 0.3 is 6.18 Å². The second-order valence-corrected chi connectivity index (χ2v) is 7.92. The molecule has 0 radical (unpaired) electrons. The van der Waals surface area contributed by atoms with Crippen molar-refractivity contribution in [2.75, 3.05) is 0 Å². The van der Waals surface area contributed by atoms with Crippen LogP contribution in [-0.4, -0.2) is 10.8 Å². The molecule has 0 amide bonds. The van der Waals surface area contributed by atoms with Crippen LogP contribution in [0, 0.1) is 5.92 Å². The summed E-state index contributed by atoms with van der Waals surface area (Å²) in [5.74, 6) is -3.48. The maximum absolute atomic E-state index is 14.8. The summed E-state index contributed by atoms with van der Waals surface area (Å²) in [6.45, 7) is 0. The van der Waals surface area contributed by atoms with Crippen LogP contribution in [0.15, 0.2) is 54.9 Å². The molecule has 2 nitrogen and oxygen atoms in total. The maximum atomic E-state index is 14.8. The van der Waals surface area contributed by atoms with Crippen LogP contribution in [0.1, 0.15) is 56.1 Å². The molecule has 1 heterocycles. The van der Waals surface area contributed by atoms with E-state index in [4.69, 9.17) is 0 Å². The average molecular weight is 437 g/mol. The van der Waals surface area contributed by atoms with Crippen molar-refractivity contribution in [3.05, 3.63) is 66.0 Å². The average Bonchev–Trinajstić information content (AvgIpc) is 2.95. The van der Waals surface area contributed by atoms with Gasteiger partial charge in [0, 0.05) is 42.3 Å². The van der Waals surface area contributed by atoms with Gasteiger partial charge in [0.15, 0.2) is 0 Å². The zero-order valence-corrected chi connectivity index (χ0v) is 17.0. The van der Waals surface area contributed by atoms with Crippen molar-refractivity contribution in [2.24, 2.45) is 5.92 Å². The molecule has 7 heteroatoms. The number of hydrogen-bond acceptors (Lipinski definition) is 2. The summed E-state index contributed by atoms with van der Waals surface area (Å²) < 4.78 is 69.6. The Morgan fingerprint density at radius 3 is 2.45 bits per heavy atom. The first-order valence-electron chi connectivity index (χ1n) is 10.4. The van der Waals surface area contributed by atoms with Crippen molar-refractivity contribution < 1.29 is 26.7 Å². The van der Waals surface area contributed by atoms with Gasteiger partial charge in [-0.25, -0.2) is 8.78 Å². The van der Waals surface area contributed by atoms with Crippen molar-refractivity contribution >= 4 is 5.78 Å². The highest BCUT2D eigenvalue weighted by molar-refractivity contribution is 5.81. The number of aromatic nitrogens is 1. The number of nitrogens with zero attached hydrogens (tertiary/aromatic N) is 1. The number of carbonyl (C=O) groups is 1. The molecule has 31 heavy (non-hydrogen) atoms. The van der Waals surface area contributed by atoms with E-state index in [0.717, 1.165) is 37.8 Å². The summed E-state index contributed by atoms with van der Waals surface area (Å²) in [6.07, 6.45) is 4.60. The van der Waals surface area contributed by atoms with Gasteiger partial charge in [-0.1, -0.05) is 31.1 Å². The van der Waals surface area contributed by atoms with Crippen LogP contribution in [0.3, 0.4) is 0 Å². The Labute approximate surface area is 178 Å². The highest BCUT2D eigenvalue weighted by Gasteiger charge is 2.36. The van der Waals surface area contributed by atoms with E-state index in [1.165, 1.54) is 30.6 Å². The number of halogens is 5. The molecule has 1 unspecified atom stereocenters. The van der Waals surface area contributed by atoms with E-state index in [1.807, 2.05) is 0 Å². The van der Waals surface area contributed by atoms with Crippen LogP contribution < -0.4 is 0 Å². The van der Waals surface area contributed by atoms with E-state index < -0.39 is 29.6 Å². The van der Waals surface area contributed by atoms with Gasteiger partial charge in [0.05, 0.1) is 5.56 Å². The van der Waals surface area contributed by atoms with Gasteiger partial charge in [-0.3, -0.25) is 9.78 Å². The molecule has 0 bridgehead atoms. The first-order valence-corrected chi connectivity index (χ1v) is 10.4. The molecule has 1 atom stereocenters. The van der Waals surface area contributed by atoms with E-state index in [1.54, 1.807) is 6.08 Å². The first kappa shape index (κ1) is 23.1. The van der Waals surface area contributed by atoms with Gasteiger partial charge in [0.2, 0.25) is 0 Å². The molecule has 1 aromatic carbocycles. The van der Waals surface area contributed by atoms with Gasteiger partial charge < -0.3 is 0 Å². The number of pyridine rings is 1. The lowest BCUT2D eigenvalue weighted by Gasteiger charge is -2.19. The molecule has 1 saturated carbocycles. The summed E-state index contributed by atoms with van der Waals surface area (Å²) in [6, 6.07) is 5.49. The lowest BCUT2D eigenvalue weighted by molar-refractivity contribution is -0.137. The minimum absolute atomic E-state index is 0.0330. The summed E-state index contributed by atoms with van der Waals surface area (Å²) >= 11 is 0. The normalized spacial score (nSPS) is 18.4.